The van der Waals surface area contributed by atoms with Crippen LogP contribution in [0, 0.1) is 0 Å². The number of carbonyl (C=O) groups is 1. The zero-order valence-corrected chi connectivity index (χ0v) is 16.1. The fourth-order valence-electron chi connectivity index (χ4n) is 3.17. The van der Waals surface area contributed by atoms with Gasteiger partial charge in [-0.2, -0.15) is 4.98 Å². The minimum atomic E-state index is -0.362. The van der Waals surface area contributed by atoms with Crippen molar-refractivity contribution in [2.24, 2.45) is 0 Å². The number of fused-ring (bicyclic) bond motifs is 1. The van der Waals surface area contributed by atoms with E-state index in [2.05, 4.69) is 10.3 Å². The molecular formula is C19H23N3O4S. The van der Waals surface area contributed by atoms with Crippen LogP contribution < -0.4 is 15.7 Å². The second-order valence-corrected chi connectivity index (χ2v) is 7.11. The van der Waals surface area contributed by atoms with Crippen LogP contribution in [0.5, 0.6) is 5.75 Å². The van der Waals surface area contributed by atoms with Crippen LogP contribution in [0.3, 0.4) is 0 Å². The van der Waals surface area contributed by atoms with Crippen molar-refractivity contribution in [2.75, 3.05) is 24.3 Å². The molecule has 2 N–H and O–H groups in total. The van der Waals surface area contributed by atoms with E-state index in [1.54, 1.807) is 16.7 Å². The van der Waals surface area contributed by atoms with Gasteiger partial charge >= 0.3 is 5.69 Å². The van der Waals surface area contributed by atoms with Gasteiger partial charge in [0, 0.05) is 16.9 Å². The molecule has 0 unspecified atom stereocenters. The van der Waals surface area contributed by atoms with Crippen molar-refractivity contribution in [3.8, 4) is 5.75 Å². The maximum Gasteiger partial charge on any atom is 0.348 e. The third-order valence-electron chi connectivity index (χ3n) is 4.31. The van der Waals surface area contributed by atoms with Crippen LogP contribution in [-0.4, -0.2) is 39.5 Å². The number of benzene rings is 1. The Kier molecular flexibility index (Phi) is 6.52. The third kappa shape index (κ3) is 4.70. The number of nitrogens with zero attached hydrogens (tertiary/aromatic N) is 2. The molecule has 0 radical (unpaired) electrons. The van der Waals surface area contributed by atoms with Gasteiger partial charge in [-0.25, -0.2) is 4.79 Å². The summed E-state index contributed by atoms with van der Waals surface area (Å²) in [5, 5.41) is 12.6. The van der Waals surface area contributed by atoms with Crippen LogP contribution in [-0.2, 0) is 24.2 Å². The van der Waals surface area contributed by atoms with Crippen molar-refractivity contribution < 1.29 is 14.6 Å². The molecule has 0 spiro atoms. The number of carbonyl (C=O) groups excluding carboxylic acids is 1. The van der Waals surface area contributed by atoms with E-state index in [1.165, 1.54) is 11.8 Å². The minimum absolute atomic E-state index is 0.0923. The molecule has 27 heavy (non-hydrogen) atoms. The first-order chi connectivity index (χ1) is 13.1. The van der Waals surface area contributed by atoms with Crippen molar-refractivity contribution >= 4 is 23.4 Å². The first kappa shape index (κ1) is 19.4. The van der Waals surface area contributed by atoms with Crippen LogP contribution in [0.4, 0.5) is 5.69 Å². The van der Waals surface area contributed by atoms with Gasteiger partial charge in [0.1, 0.15) is 10.8 Å². The maximum absolute atomic E-state index is 12.2. The number of hydrogen-bond acceptors (Lipinski definition) is 6. The number of thioether (sulfide) groups is 1. The van der Waals surface area contributed by atoms with Gasteiger partial charge in [0.05, 0.1) is 25.5 Å². The van der Waals surface area contributed by atoms with Crippen molar-refractivity contribution in [3.05, 3.63) is 46.0 Å². The molecule has 1 amide bonds. The molecule has 144 valence electrons. The van der Waals surface area contributed by atoms with Crippen LogP contribution >= 0.6 is 11.8 Å². The van der Waals surface area contributed by atoms with Gasteiger partial charge in [0.25, 0.3) is 0 Å². The largest absolute Gasteiger partial charge is 0.494 e. The van der Waals surface area contributed by atoms with Gasteiger partial charge < -0.3 is 15.2 Å². The Bertz CT molecular complexity index is 864. The fraction of sp³-hybridized carbons (Fsp3) is 0.421. The second-order valence-electron chi connectivity index (χ2n) is 6.15. The zero-order chi connectivity index (χ0) is 19.2. The summed E-state index contributed by atoms with van der Waals surface area (Å²) in [5.41, 5.74) is 2.31. The molecule has 0 fully saturated rings. The number of aromatic nitrogens is 2. The second kappa shape index (κ2) is 9.05. The van der Waals surface area contributed by atoms with E-state index in [-0.39, 0.29) is 30.5 Å². The predicted molar refractivity (Wildman–Crippen MR) is 105 cm³/mol. The Labute approximate surface area is 161 Å². The van der Waals surface area contributed by atoms with Crippen molar-refractivity contribution in [1.29, 1.82) is 0 Å². The Hall–Kier alpha value is -2.32. The van der Waals surface area contributed by atoms with Crippen LogP contribution in [0.2, 0.25) is 0 Å². The van der Waals surface area contributed by atoms with Gasteiger partial charge in [-0.05, 0) is 50.5 Å². The summed E-state index contributed by atoms with van der Waals surface area (Å²) in [6.07, 6.45) is 2.60. The minimum Gasteiger partial charge on any atom is -0.494 e. The molecule has 0 atom stereocenters. The Morgan fingerprint density at radius 2 is 2.11 bits per heavy atom. The number of nitrogens with one attached hydrogen (secondary N) is 1. The van der Waals surface area contributed by atoms with Crippen molar-refractivity contribution in [2.45, 2.75) is 37.8 Å². The Morgan fingerprint density at radius 1 is 1.33 bits per heavy atom. The SMILES string of the molecule is CCOc1ccc(NC(=O)CSc2nc(=O)n(CCO)c3c2CCC3)cc1. The van der Waals surface area contributed by atoms with Crippen LogP contribution in [0.25, 0.3) is 0 Å². The molecule has 0 bridgehead atoms. The van der Waals surface area contributed by atoms with Crippen LogP contribution in [0.1, 0.15) is 24.6 Å². The average Bonchev–Trinajstić information content (AvgIpc) is 3.14. The number of rotatable bonds is 8. The quantitative estimate of drug-likeness (QED) is 0.529. The van der Waals surface area contributed by atoms with E-state index in [4.69, 9.17) is 9.84 Å². The van der Waals surface area contributed by atoms with Gasteiger partial charge in [-0.1, -0.05) is 11.8 Å². The fourth-order valence-corrected chi connectivity index (χ4v) is 4.05. The summed E-state index contributed by atoms with van der Waals surface area (Å²) in [6.45, 7) is 2.68. The molecule has 1 aromatic heterocycles. The summed E-state index contributed by atoms with van der Waals surface area (Å²) in [7, 11) is 0. The normalized spacial score (nSPS) is 12.7. The van der Waals surface area contributed by atoms with E-state index in [0.717, 1.165) is 36.3 Å². The molecule has 0 saturated heterocycles. The van der Waals surface area contributed by atoms with Gasteiger partial charge in [-0.15, -0.1) is 0 Å². The lowest BCUT2D eigenvalue weighted by Crippen LogP contribution is -2.28. The summed E-state index contributed by atoms with van der Waals surface area (Å²) >= 11 is 1.28. The number of aliphatic hydroxyl groups is 1. The highest BCUT2D eigenvalue weighted by molar-refractivity contribution is 8.00. The summed E-state index contributed by atoms with van der Waals surface area (Å²) in [5.74, 6) is 0.779. The molecule has 3 rings (SSSR count). The molecule has 1 aliphatic carbocycles. The highest BCUT2D eigenvalue weighted by Crippen LogP contribution is 2.29. The van der Waals surface area contributed by atoms with Gasteiger partial charge in [0.15, 0.2) is 0 Å². The summed E-state index contributed by atoms with van der Waals surface area (Å²) in [4.78, 5) is 28.6. The molecule has 2 aromatic rings. The van der Waals surface area contributed by atoms with E-state index < -0.39 is 0 Å². The first-order valence-corrected chi connectivity index (χ1v) is 10.00. The van der Waals surface area contributed by atoms with Gasteiger partial charge in [0.2, 0.25) is 5.91 Å². The number of amides is 1. The van der Waals surface area contributed by atoms with E-state index in [0.29, 0.717) is 17.3 Å². The molecule has 1 aliphatic rings. The molecule has 8 heteroatoms. The number of anilines is 1. The highest BCUT2D eigenvalue weighted by Gasteiger charge is 2.22. The third-order valence-corrected chi connectivity index (χ3v) is 5.33. The molecule has 1 aromatic carbocycles. The summed E-state index contributed by atoms with van der Waals surface area (Å²) in [6, 6.07) is 7.20. The van der Waals surface area contributed by atoms with E-state index in [1.807, 2.05) is 19.1 Å². The van der Waals surface area contributed by atoms with E-state index >= 15 is 0 Å². The zero-order valence-electron chi connectivity index (χ0n) is 15.2. The first-order valence-electron chi connectivity index (χ1n) is 9.01. The van der Waals surface area contributed by atoms with Crippen molar-refractivity contribution in [3.63, 3.8) is 0 Å². The number of aliphatic hydroxyl groups excluding tert-OH is 1. The van der Waals surface area contributed by atoms with Gasteiger partial charge in [-0.3, -0.25) is 9.36 Å². The number of hydrogen-bond donors (Lipinski definition) is 2. The monoisotopic (exact) mass is 389 g/mol. The predicted octanol–water partition coefficient (Wildman–Crippen LogP) is 1.85. The maximum atomic E-state index is 12.2. The molecule has 0 saturated carbocycles. The molecule has 1 heterocycles. The Balaban J connectivity index is 1.64. The lowest BCUT2D eigenvalue weighted by molar-refractivity contribution is -0.113. The van der Waals surface area contributed by atoms with Crippen molar-refractivity contribution in [1.82, 2.24) is 9.55 Å². The lowest BCUT2D eigenvalue weighted by Gasteiger charge is -2.13. The lowest BCUT2D eigenvalue weighted by atomic mass is 10.2. The average molecular weight is 389 g/mol. The van der Waals surface area contributed by atoms with Crippen LogP contribution in [0.15, 0.2) is 34.1 Å². The molecule has 0 aliphatic heterocycles. The molecule has 7 nitrogen and oxygen atoms in total. The topological polar surface area (TPSA) is 93.5 Å². The Morgan fingerprint density at radius 3 is 2.81 bits per heavy atom. The van der Waals surface area contributed by atoms with E-state index in [9.17, 15) is 9.59 Å². The standard InChI is InChI=1S/C19H23N3O4S/c1-2-26-14-8-6-13(7-9-14)20-17(24)12-27-18-15-4-3-5-16(15)22(10-11-23)19(25)21-18/h6-9,23H,2-5,10-12H2,1H3,(H,20,24). The highest BCUT2D eigenvalue weighted by atomic mass is 32.2. The smallest absolute Gasteiger partial charge is 0.348 e. The summed E-state index contributed by atoms with van der Waals surface area (Å²) < 4.78 is 6.93. The molecular weight excluding hydrogens is 366 g/mol. The number of ether oxygens (including phenoxy) is 1.